The van der Waals surface area contributed by atoms with Gasteiger partial charge in [0.05, 0.1) is 0 Å². The average Bonchev–Trinajstić information content (AvgIpc) is 2.35. The van der Waals surface area contributed by atoms with E-state index in [1.54, 1.807) is 0 Å². The second kappa shape index (κ2) is 9.42. The average molecular weight is 244 g/mol. The number of nitrogens with one attached hydrogen (secondary N) is 1. The van der Waals surface area contributed by atoms with Crippen molar-refractivity contribution >= 4 is 5.91 Å². The number of nitrogens with two attached hydrogens (primary N) is 1. The van der Waals surface area contributed by atoms with Gasteiger partial charge in [-0.05, 0) is 19.3 Å². The summed E-state index contributed by atoms with van der Waals surface area (Å²) in [5, 5.41) is 2.83. The van der Waals surface area contributed by atoms with E-state index in [2.05, 4.69) is 12.2 Å². The molecule has 0 aromatic carbocycles. The molecule has 0 radical (unpaired) electrons. The maximum atomic E-state index is 11.5. The molecule has 0 aliphatic heterocycles. The van der Waals surface area contributed by atoms with Gasteiger partial charge in [0.15, 0.2) is 0 Å². The summed E-state index contributed by atoms with van der Waals surface area (Å²) < 4.78 is 5.28. The Bertz CT molecular complexity index is 204. The standard InChI is InChI=1S/C13H28N2O2/c1-4-7-8-9-17-10-12(16)15-11-13(14,5-2)6-3/h4-11,14H2,1-3H3,(H,15,16). The van der Waals surface area contributed by atoms with Gasteiger partial charge in [0.2, 0.25) is 5.91 Å². The monoisotopic (exact) mass is 244 g/mol. The van der Waals surface area contributed by atoms with E-state index >= 15 is 0 Å². The van der Waals surface area contributed by atoms with Crippen LogP contribution in [0.4, 0.5) is 0 Å². The van der Waals surface area contributed by atoms with E-state index in [0.29, 0.717) is 13.2 Å². The smallest absolute Gasteiger partial charge is 0.246 e. The van der Waals surface area contributed by atoms with Gasteiger partial charge in [-0.15, -0.1) is 0 Å². The molecule has 1 amide bonds. The normalized spacial score (nSPS) is 11.5. The highest BCUT2D eigenvalue weighted by atomic mass is 16.5. The van der Waals surface area contributed by atoms with Crippen LogP contribution in [-0.4, -0.2) is 31.2 Å². The Morgan fingerprint density at radius 2 is 1.88 bits per heavy atom. The van der Waals surface area contributed by atoms with Gasteiger partial charge in [0.1, 0.15) is 6.61 Å². The number of unbranched alkanes of at least 4 members (excludes halogenated alkanes) is 2. The summed E-state index contributed by atoms with van der Waals surface area (Å²) in [6.45, 7) is 7.55. The lowest BCUT2D eigenvalue weighted by Gasteiger charge is -2.26. The lowest BCUT2D eigenvalue weighted by atomic mass is 9.94. The Morgan fingerprint density at radius 1 is 1.24 bits per heavy atom. The van der Waals surface area contributed by atoms with Crippen LogP contribution in [0.1, 0.15) is 52.9 Å². The summed E-state index contributed by atoms with van der Waals surface area (Å²) in [4.78, 5) is 11.5. The van der Waals surface area contributed by atoms with Crippen LogP contribution in [0.5, 0.6) is 0 Å². The molecule has 0 aliphatic rings. The number of ether oxygens (including phenoxy) is 1. The van der Waals surface area contributed by atoms with Crippen molar-refractivity contribution < 1.29 is 9.53 Å². The summed E-state index contributed by atoms with van der Waals surface area (Å²) in [5.41, 5.74) is 5.80. The van der Waals surface area contributed by atoms with Gasteiger partial charge >= 0.3 is 0 Å². The van der Waals surface area contributed by atoms with Crippen LogP contribution in [0, 0.1) is 0 Å². The number of rotatable bonds is 10. The first-order valence-electron chi connectivity index (χ1n) is 6.71. The van der Waals surface area contributed by atoms with Gasteiger partial charge in [0, 0.05) is 18.7 Å². The minimum atomic E-state index is -0.280. The largest absolute Gasteiger partial charge is 0.372 e. The van der Waals surface area contributed by atoms with Gasteiger partial charge in [-0.3, -0.25) is 4.79 Å². The van der Waals surface area contributed by atoms with Crippen molar-refractivity contribution in [2.45, 2.75) is 58.4 Å². The van der Waals surface area contributed by atoms with Crippen LogP contribution in [-0.2, 0) is 9.53 Å². The number of hydrogen-bond acceptors (Lipinski definition) is 3. The molecule has 102 valence electrons. The van der Waals surface area contributed by atoms with E-state index in [9.17, 15) is 4.79 Å². The quantitative estimate of drug-likeness (QED) is 0.576. The Hall–Kier alpha value is -0.610. The maximum Gasteiger partial charge on any atom is 0.246 e. The first kappa shape index (κ1) is 16.4. The Balaban J connectivity index is 3.59. The molecule has 0 atom stereocenters. The molecule has 0 rings (SSSR count). The Labute approximate surface area is 105 Å². The van der Waals surface area contributed by atoms with E-state index < -0.39 is 0 Å². The van der Waals surface area contributed by atoms with Crippen LogP contribution in [0.25, 0.3) is 0 Å². The summed E-state index contributed by atoms with van der Waals surface area (Å²) in [6, 6.07) is 0. The van der Waals surface area contributed by atoms with E-state index in [0.717, 1.165) is 32.1 Å². The molecule has 3 N–H and O–H groups in total. The van der Waals surface area contributed by atoms with E-state index in [1.807, 2.05) is 13.8 Å². The van der Waals surface area contributed by atoms with Crippen LogP contribution in [0.2, 0.25) is 0 Å². The number of amides is 1. The molecule has 0 aromatic heterocycles. The van der Waals surface area contributed by atoms with Gasteiger partial charge in [-0.1, -0.05) is 33.6 Å². The molecule has 0 aromatic rings. The summed E-state index contributed by atoms with van der Waals surface area (Å²) >= 11 is 0. The Morgan fingerprint density at radius 3 is 2.41 bits per heavy atom. The fourth-order valence-corrected chi connectivity index (χ4v) is 1.44. The minimum absolute atomic E-state index is 0.0711. The summed E-state index contributed by atoms with van der Waals surface area (Å²) in [6.07, 6.45) is 5.06. The minimum Gasteiger partial charge on any atom is -0.372 e. The maximum absolute atomic E-state index is 11.5. The first-order valence-corrected chi connectivity index (χ1v) is 6.71. The van der Waals surface area contributed by atoms with Crippen molar-refractivity contribution in [2.75, 3.05) is 19.8 Å². The van der Waals surface area contributed by atoms with Crippen LogP contribution in [0.3, 0.4) is 0 Å². The highest BCUT2D eigenvalue weighted by molar-refractivity contribution is 5.77. The number of carbonyl (C=O) groups excluding carboxylic acids is 1. The molecule has 0 unspecified atom stereocenters. The van der Waals surface area contributed by atoms with Gasteiger partial charge < -0.3 is 15.8 Å². The molecular formula is C13H28N2O2. The summed E-state index contributed by atoms with van der Waals surface area (Å²) in [5.74, 6) is -0.0711. The highest BCUT2D eigenvalue weighted by Crippen LogP contribution is 2.09. The molecule has 0 spiro atoms. The van der Waals surface area contributed by atoms with Gasteiger partial charge in [-0.25, -0.2) is 0 Å². The molecule has 0 bridgehead atoms. The molecule has 0 saturated heterocycles. The van der Waals surface area contributed by atoms with Crippen molar-refractivity contribution in [1.82, 2.24) is 5.32 Å². The third-order valence-corrected chi connectivity index (χ3v) is 3.17. The number of carbonyl (C=O) groups is 1. The first-order chi connectivity index (χ1) is 8.08. The third kappa shape index (κ3) is 8.16. The SMILES string of the molecule is CCCCCOCC(=O)NCC(N)(CC)CC. The molecule has 0 saturated carbocycles. The molecule has 0 heterocycles. The lowest BCUT2D eigenvalue weighted by molar-refractivity contribution is -0.126. The van der Waals surface area contributed by atoms with Crippen molar-refractivity contribution in [3.8, 4) is 0 Å². The molecule has 17 heavy (non-hydrogen) atoms. The zero-order valence-corrected chi connectivity index (χ0v) is 11.6. The predicted octanol–water partition coefficient (Wildman–Crippen LogP) is 1.83. The van der Waals surface area contributed by atoms with Crippen molar-refractivity contribution in [1.29, 1.82) is 0 Å². The molecule has 4 heteroatoms. The number of hydrogen-bond donors (Lipinski definition) is 2. The molecule has 0 fully saturated rings. The summed E-state index contributed by atoms with van der Waals surface area (Å²) in [7, 11) is 0. The molecular weight excluding hydrogens is 216 g/mol. The zero-order chi connectivity index (χ0) is 13.1. The second-order valence-electron chi connectivity index (χ2n) is 4.61. The van der Waals surface area contributed by atoms with E-state index in [1.165, 1.54) is 0 Å². The van der Waals surface area contributed by atoms with E-state index in [-0.39, 0.29) is 18.1 Å². The predicted molar refractivity (Wildman–Crippen MR) is 70.9 cm³/mol. The molecule has 0 aliphatic carbocycles. The van der Waals surface area contributed by atoms with E-state index in [4.69, 9.17) is 10.5 Å². The fourth-order valence-electron chi connectivity index (χ4n) is 1.44. The van der Waals surface area contributed by atoms with Crippen molar-refractivity contribution in [3.63, 3.8) is 0 Å². The molecule has 4 nitrogen and oxygen atoms in total. The van der Waals surface area contributed by atoms with Crippen molar-refractivity contribution in [2.24, 2.45) is 5.73 Å². The van der Waals surface area contributed by atoms with Gasteiger partial charge in [-0.2, -0.15) is 0 Å². The highest BCUT2D eigenvalue weighted by Gasteiger charge is 2.20. The van der Waals surface area contributed by atoms with Crippen LogP contribution < -0.4 is 11.1 Å². The second-order valence-corrected chi connectivity index (χ2v) is 4.61. The topological polar surface area (TPSA) is 64.3 Å². The van der Waals surface area contributed by atoms with Gasteiger partial charge in [0.25, 0.3) is 0 Å². The third-order valence-electron chi connectivity index (χ3n) is 3.17. The zero-order valence-electron chi connectivity index (χ0n) is 11.6. The van der Waals surface area contributed by atoms with Crippen molar-refractivity contribution in [3.05, 3.63) is 0 Å². The fraction of sp³-hybridized carbons (Fsp3) is 0.923. The van der Waals surface area contributed by atoms with Crippen LogP contribution >= 0.6 is 0 Å². The Kier molecular flexibility index (Phi) is 9.09. The van der Waals surface area contributed by atoms with Crippen LogP contribution in [0.15, 0.2) is 0 Å². The lowest BCUT2D eigenvalue weighted by Crippen LogP contribution is -2.49.